The van der Waals surface area contributed by atoms with Gasteiger partial charge in [0.05, 0.1) is 15.5 Å². The summed E-state index contributed by atoms with van der Waals surface area (Å²) in [6, 6.07) is 16.2. The van der Waals surface area contributed by atoms with Gasteiger partial charge in [-0.2, -0.15) is 4.31 Å². The highest BCUT2D eigenvalue weighted by Crippen LogP contribution is 2.43. The molecule has 0 aromatic heterocycles. The lowest BCUT2D eigenvalue weighted by molar-refractivity contribution is -0.133. The largest absolute Gasteiger partial charge is 0.338 e. The molecule has 3 aromatic rings. The van der Waals surface area contributed by atoms with Crippen molar-refractivity contribution in [1.29, 1.82) is 0 Å². The molecule has 0 spiro atoms. The van der Waals surface area contributed by atoms with Gasteiger partial charge in [0, 0.05) is 31.6 Å². The third-order valence-electron chi connectivity index (χ3n) is 6.54. The predicted molar refractivity (Wildman–Crippen MR) is 130 cm³/mol. The Balaban J connectivity index is 1.35. The lowest BCUT2D eigenvalue weighted by Crippen LogP contribution is -2.55. The summed E-state index contributed by atoms with van der Waals surface area (Å²) in [6.45, 7) is 4.16. The average molecular weight is 500 g/mol. The van der Waals surface area contributed by atoms with Crippen LogP contribution in [0.15, 0.2) is 70.5 Å². The Bertz CT molecular complexity index is 1490. The fraction of sp³-hybridized carbons (Fsp3) is 0.292. The molecule has 8 nitrogen and oxygen atoms in total. The van der Waals surface area contributed by atoms with Crippen LogP contribution in [0.1, 0.15) is 12.5 Å². The molecule has 0 saturated carbocycles. The van der Waals surface area contributed by atoms with Crippen LogP contribution < -0.4 is 4.31 Å². The molecule has 1 atom stereocenters. The third-order valence-corrected chi connectivity index (χ3v) is 10.4. The maximum atomic E-state index is 13.4. The van der Waals surface area contributed by atoms with E-state index in [0.29, 0.717) is 11.1 Å². The molecule has 0 N–H and O–H groups in total. The molecule has 1 saturated heterocycles. The van der Waals surface area contributed by atoms with Crippen molar-refractivity contribution in [2.45, 2.75) is 29.7 Å². The summed E-state index contributed by atoms with van der Waals surface area (Å²) in [4.78, 5) is 15.3. The van der Waals surface area contributed by atoms with Crippen molar-refractivity contribution in [1.82, 2.24) is 9.21 Å². The van der Waals surface area contributed by atoms with E-state index < -0.39 is 26.1 Å². The second-order valence-corrected chi connectivity index (χ2v) is 12.4. The first-order valence-corrected chi connectivity index (χ1v) is 13.9. The molecule has 2 aliphatic heterocycles. The molecule has 34 heavy (non-hydrogen) atoms. The fourth-order valence-corrected chi connectivity index (χ4v) is 7.99. The third kappa shape index (κ3) is 3.48. The Hall–Kier alpha value is -2.95. The Morgan fingerprint density at radius 1 is 0.912 bits per heavy atom. The first-order valence-electron chi connectivity index (χ1n) is 11.0. The Morgan fingerprint density at radius 2 is 1.53 bits per heavy atom. The van der Waals surface area contributed by atoms with Crippen molar-refractivity contribution < 1.29 is 21.6 Å². The van der Waals surface area contributed by atoms with Crippen LogP contribution in [0.3, 0.4) is 0 Å². The number of benzene rings is 3. The van der Waals surface area contributed by atoms with E-state index in [-0.39, 0.29) is 41.9 Å². The van der Waals surface area contributed by atoms with Gasteiger partial charge in [-0.25, -0.2) is 16.8 Å². The summed E-state index contributed by atoms with van der Waals surface area (Å²) in [7, 11) is -7.53. The average Bonchev–Trinajstić information content (AvgIpc) is 3.06. The molecule has 0 radical (unpaired) electrons. The fourth-order valence-electron chi connectivity index (χ4n) is 4.71. The molecule has 0 bridgehead atoms. The van der Waals surface area contributed by atoms with Crippen molar-refractivity contribution in [3.63, 3.8) is 0 Å². The molecular formula is C24H25N3O5S2. The monoisotopic (exact) mass is 499 g/mol. The summed E-state index contributed by atoms with van der Waals surface area (Å²) in [5, 5.41) is 1.43. The number of rotatable bonds is 4. The van der Waals surface area contributed by atoms with Gasteiger partial charge in [-0.1, -0.05) is 42.0 Å². The van der Waals surface area contributed by atoms with Gasteiger partial charge >= 0.3 is 0 Å². The van der Waals surface area contributed by atoms with Gasteiger partial charge in [0.25, 0.3) is 10.0 Å². The predicted octanol–water partition coefficient (Wildman–Crippen LogP) is 2.58. The number of aryl methyl sites for hydroxylation is 1. The van der Waals surface area contributed by atoms with Gasteiger partial charge in [-0.05, 0) is 43.5 Å². The van der Waals surface area contributed by atoms with E-state index in [2.05, 4.69) is 0 Å². The summed E-state index contributed by atoms with van der Waals surface area (Å²) in [5.41, 5.74) is 1.47. The van der Waals surface area contributed by atoms with E-state index in [4.69, 9.17) is 0 Å². The summed E-state index contributed by atoms with van der Waals surface area (Å²) >= 11 is 0. The molecule has 10 heteroatoms. The smallest absolute Gasteiger partial charge is 0.265 e. The maximum absolute atomic E-state index is 13.4. The normalized spacial score (nSPS) is 18.9. The number of piperazine rings is 1. The number of carbonyl (C=O) groups excluding carboxylic acids is 1. The van der Waals surface area contributed by atoms with Crippen molar-refractivity contribution in [3.8, 4) is 0 Å². The molecule has 2 heterocycles. The van der Waals surface area contributed by atoms with Crippen molar-refractivity contribution in [2.24, 2.45) is 0 Å². The molecule has 0 aliphatic carbocycles. The molecule has 5 rings (SSSR count). The van der Waals surface area contributed by atoms with Crippen LogP contribution in [0.4, 0.5) is 5.69 Å². The van der Waals surface area contributed by atoms with Crippen LogP contribution in [0.25, 0.3) is 10.8 Å². The van der Waals surface area contributed by atoms with E-state index in [1.165, 1.54) is 8.61 Å². The standard InChI is InChI=1S/C24H25N3O5S2/c1-17-9-11-20(12-10-17)33(29,30)26-15-13-25(14-16-26)24(28)18(2)27-21-7-3-5-19-6-4-8-22(23(19)21)34(27,31)32/h3-12,18H,13-16H2,1-2H3/t18-/m0/s1. The van der Waals surface area contributed by atoms with Crippen LogP contribution in [0.5, 0.6) is 0 Å². The number of nitrogens with zero attached hydrogens (tertiary/aromatic N) is 3. The van der Waals surface area contributed by atoms with E-state index in [1.54, 1.807) is 60.4 Å². The van der Waals surface area contributed by atoms with Crippen LogP contribution in [0.2, 0.25) is 0 Å². The number of anilines is 1. The first kappa shape index (κ1) is 22.8. The van der Waals surface area contributed by atoms with Crippen molar-refractivity contribution in [3.05, 3.63) is 66.2 Å². The Labute approximate surface area is 199 Å². The molecule has 1 amide bonds. The minimum absolute atomic E-state index is 0.150. The highest BCUT2D eigenvalue weighted by molar-refractivity contribution is 7.93. The molecule has 3 aromatic carbocycles. The lowest BCUT2D eigenvalue weighted by atomic mass is 10.1. The van der Waals surface area contributed by atoms with E-state index >= 15 is 0 Å². The van der Waals surface area contributed by atoms with Gasteiger partial charge in [-0.3, -0.25) is 9.10 Å². The van der Waals surface area contributed by atoms with Crippen LogP contribution in [0, 0.1) is 6.92 Å². The van der Waals surface area contributed by atoms with Crippen LogP contribution >= 0.6 is 0 Å². The van der Waals surface area contributed by atoms with Crippen LogP contribution in [-0.2, 0) is 24.8 Å². The van der Waals surface area contributed by atoms with E-state index in [9.17, 15) is 21.6 Å². The quantitative estimate of drug-likeness (QED) is 0.550. The highest BCUT2D eigenvalue weighted by atomic mass is 32.2. The molecule has 0 unspecified atom stereocenters. The zero-order chi connectivity index (χ0) is 24.3. The lowest BCUT2D eigenvalue weighted by Gasteiger charge is -2.37. The van der Waals surface area contributed by atoms with Gasteiger partial charge in [0.1, 0.15) is 6.04 Å². The summed E-state index contributed by atoms with van der Waals surface area (Å²) in [6.07, 6.45) is 0. The van der Waals surface area contributed by atoms with Crippen molar-refractivity contribution >= 4 is 42.4 Å². The number of sulfonamides is 2. The van der Waals surface area contributed by atoms with Crippen molar-refractivity contribution in [2.75, 3.05) is 30.5 Å². The SMILES string of the molecule is Cc1ccc(S(=O)(=O)N2CCN(C(=O)[C@H](C)N3c4cccc5cccc(c45)S3(=O)=O)CC2)cc1. The second-order valence-electron chi connectivity index (χ2n) is 8.65. The minimum atomic E-state index is -3.88. The Morgan fingerprint density at radius 3 is 2.18 bits per heavy atom. The van der Waals surface area contributed by atoms with E-state index in [0.717, 1.165) is 10.9 Å². The van der Waals surface area contributed by atoms with E-state index in [1.807, 2.05) is 19.1 Å². The highest BCUT2D eigenvalue weighted by Gasteiger charge is 2.42. The van der Waals surface area contributed by atoms with Crippen LogP contribution in [-0.4, -0.2) is 64.2 Å². The number of carbonyl (C=O) groups is 1. The van der Waals surface area contributed by atoms with Gasteiger partial charge in [-0.15, -0.1) is 0 Å². The second kappa shape index (κ2) is 8.07. The molecule has 1 fully saturated rings. The zero-order valence-electron chi connectivity index (χ0n) is 18.9. The zero-order valence-corrected chi connectivity index (χ0v) is 20.5. The topological polar surface area (TPSA) is 95.1 Å². The number of hydrogen-bond acceptors (Lipinski definition) is 5. The number of hydrogen-bond donors (Lipinski definition) is 0. The molecular weight excluding hydrogens is 474 g/mol. The molecule has 2 aliphatic rings. The summed E-state index contributed by atoms with van der Waals surface area (Å²) in [5.74, 6) is -0.347. The minimum Gasteiger partial charge on any atom is -0.338 e. The summed E-state index contributed by atoms with van der Waals surface area (Å²) < 4.78 is 55.2. The van der Waals surface area contributed by atoms with Gasteiger partial charge < -0.3 is 4.90 Å². The number of amides is 1. The Kier molecular flexibility index (Phi) is 5.42. The van der Waals surface area contributed by atoms with Gasteiger partial charge in [0.15, 0.2) is 0 Å². The first-order chi connectivity index (χ1) is 16.1. The maximum Gasteiger partial charge on any atom is 0.265 e. The van der Waals surface area contributed by atoms with Gasteiger partial charge in [0.2, 0.25) is 15.9 Å². The molecule has 178 valence electrons.